The van der Waals surface area contributed by atoms with Gasteiger partial charge in [0.1, 0.15) is 6.10 Å². The predicted octanol–water partition coefficient (Wildman–Crippen LogP) is 8.13. The Hall–Kier alpha value is -0.956. The van der Waals surface area contributed by atoms with Gasteiger partial charge in [-0.15, -0.1) is 0 Å². The Bertz CT molecular complexity index is 869. The third kappa shape index (κ3) is 7.12. The Morgan fingerprint density at radius 2 is 1.56 bits per heavy atom. The van der Waals surface area contributed by atoms with Crippen LogP contribution in [-0.4, -0.2) is 40.9 Å². The summed E-state index contributed by atoms with van der Waals surface area (Å²) in [6.45, 7) is 23.3. The molecule has 1 aromatic carbocycles. The molecule has 0 N–H and O–H groups in total. The van der Waals surface area contributed by atoms with E-state index in [1.54, 1.807) is 0 Å². The molecule has 1 heterocycles. The third-order valence-corrected chi connectivity index (χ3v) is 18.6. The largest absolute Gasteiger partial charge is 0.462 e. The fourth-order valence-electron chi connectivity index (χ4n) is 5.25. The van der Waals surface area contributed by atoms with E-state index in [0.717, 1.165) is 32.1 Å². The molecule has 1 aliphatic heterocycles. The van der Waals surface area contributed by atoms with Crippen molar-refractivity contribution in [1.29, 1.82) is 0 Å². The van der Waals surface area contributed by atoms with Gasteiger partial charge in [-0.3, -0.25) is 4.79 Å². The van der Waals surface area contributed by atoms with Crippen LogP contribution in [0.2, 0.25) is 36.3 Å². The molecule has 0 bridgehead atoms. The number of rotatable bonds is 10. The maximum atomic E-state index is 12.2. The molecular weight excluding hydrogens is 480 g/mol. The number of hydrogen-bond donors (Lipinski definition) is 0. The first-order chi connectivity index (χ1) is 16.5. The number of aryl methyl sites for hydroxylation is 1. The van der Waals surface area contributed by atoms with Crippen molar-refractivity contribution < 1.29 is 18.4 Å². The summed E-state index contributed by atoms with van der Waals surface area (Å²) in [6, 6.07) is 10.8. The van der Waals surface area contributed by atoms with E-state index in [1.165, 1.54) is 5.56 Å². The highest BCUT2D eigenvalue weighted by atomic mass is 28.4. The number of carbonyl (C=O) groups is 1. The van der Waals surface area contributed by atoms with E-state index in [1.807, 2.05) is 0 Å². The van der Waals surface area contributed by atoms with Crippen LogP contribution in [0.4, 0.5) is 0 Å². The maximum Gasteiger partial charge on any atom is 0.306 e. The number of esters is 1. The van der Waals surface area contributed by atoms with Gasteiger partial charge in [-0.2, -0.15) is 0 Å². The molecule has 3 rings (SSSR count). The predicted molar refractivity (Wildman–Crippen MR) is 154 cm³/mol. The second-order valence-electron chi connectivity index (χ2n) is 14.3. The molecule has 1 saturated heterocycles. The molecule has 1 aromatic rings. The van der Waals surface area contributed by atoms with Crippen molar-refractivity contribution in [3.8, 4) is 0 Å². The SMILES string of the molecule is CC(C)(C)[Si](C)(C)O[C@@H](CCc1ccccc1)CC[C@@H]1[C@H]2CC(=O)O[C@H]2C[C@H]1O[Si](C)(C)C(C)(C)C. The molecule has 5 atom stereocenters. The van der Waals surface area contributed by atoms with Gasteiger partial charge in [-0.25, -0.2) is 0 Å². The zero-order valence-corrected chi connectivity index (χ0v) is 26.6. The first kappa shape index (κ1) is 29.6. The van der Waals surface area contributed by atoms with Crippen LogP contribution in [0.5, 0.6) is 0 Å². The molecule has 1 aliphatic carbocycles. The molecular formula is C30H52O4Si2. The first-order valence-electron chi connectivity index (χ1n) is 14.1. The lowest BCUT2D eigenvalue weighted by molar-refractivity contribution is -0.141. The van der Waals surface area contributed by atoms with Crippen LogP contribution in [0.15, 0.2) is 30.3 Å². The van der Waals surface area contributed by atoms with Crippen molar-refractivity contribution in [1.82, 2.24) is 0 Å². The van der Waals surface area contributed by atoms with Crippen LogP contribution in [-0.2, 0) is 24.8 Å². The van der Waals surface area contributed by atoms with E-state index in [4.69, 9.17) is 13.6 Å². The summed E-state index contributed by atoms with van der Waals surface area (Å²) in [6.07, 6.45) is 5.93. The Balaban J connectivity index is 1.76. The van der Waals surface area contributed by atoms with Gasteiger partial charge in [-0.05, 0) is 73.4 Å². The monoisotopic (exact) mass is 532 g/mol. The first-order valence-corrected chi connectivity index (χ1v) is 19.9. The highest BCUT2D eigenvalue weighted by molar-refractivity contribution is 6.74. The average molecular weight is 533 g/mol. The topological polar surface area (TPSA) is 44.8 Å². The van der Waals surface area contributed by atoms with Crippen molar-refractivity contribution >= 4 is 22.6 Å². The molecule has 6 heteroatoms. The lowest BCUT2D eigenvalue weighted by Gasteiger charge is -2.41. The van der Waals surface area contributed by atoms with E-state index in [-0.39, 0.29) is 40.3 Å². The van der Waals surface area contributed by atoms with Crippen LogP contribution >= 0.6 is 0 Å². The van der Waals surface area contributed by atoms with Crippen molar-refractivity contribution in [2.45, 2.75) is 135 Å². The minimum absolute atomic E-state index is 0.0288. The molecule has 0 aromatic heterocycles. The molecule has 1 saturated carbocycles. The second-order valence-corrected chi connectivity index (χ2v) is 23.8. The number of ether oxygens (including phenoxy) is 1. The van der Waals surface area contributed by atoms with Gasteiger partial charge >= 0.3 is 5.97 Å². The standard InChI is InChI=1S/C30H52O4Si2/c1-29(2,3)35(7,8)33-23(17-16-22-14-12-11-13-15-22)18-19-24-25-20-28(31)32-26(25)21-27(24)34-36(9,10)30(4,5)6/h11-15,23-27H,16-21H2,1-10H3/t23-,24+,25+,26-,27+/m0/s1. The molecule has 4 nitrogen and oxygen atoms in total. The zero-order chi connectivity index (χ0) is 26.9. The lowest BCUT2D eigenvalue weighted by Crippen LogP contribution is -2.46. The fourth-order valence-corrected chi connectivity index (χ4v) is 8.06. The highest BCUT2D eigenvalue weighted by Gasteiger charge is 2.53. The Labute approximate surface area is 223 Å². The Kier molecular flexibility index (Phi) is 9.07. The van der Waals surface area contributed by atoms with Crippen molar-refractivity contribution in [3.05, 3.63) is 35.9 Å². The summed E-state index contributed by atoms with van der Waals surface area (Å²) in [5.74, 6) is 0.617. The minimum atomic E-state index is -1.92. The van der Waals surface area contributed by atoms with Crippen LogP contribution in [0.1, 0.15) is 79.2 Å². The molecule has 0 amide bonds. The van der Waals surface area contributed by atoms with Crippen molar-refractivity contribution in [2.75, 3.05) is 0 Å². The molecule has 36 heavy (non-hydrogen) atoms. The summed E-state index contributed by atoms with van der Waals surface area (Å²) in [7, 11) is -3.82. The summed E-state index contributed by atoms with van der Waals surface area (Å²) in [5, 5.41) is 0.339. The van der Waals surface area contributed by atoms with E-state index < -0.39 is 16.6 Å². The van der Waals surface area contributed by atoms with Crippen LogP contribution in [0.25, 0.3) is 0 Å². The lowest BCUT2D eigenvalue weighted by atomic mass is 9.87. The van der Waals surface area contributed by atoms with Gasteiger partial charge in [0.05, 0.1) is 12.5 Å². The van der Waals surface area contributed by atoms with E-state index in [9.17, 15) is 4.79 Å². The minimum Gasteiger partial charge on any atom is -0.462 e. The van der Waals surface area contributed by atoms with Gasteiger partial charge in [0.15, 0.2) is 16.6 Å². The number of fused-ring (bicyclic) bond motifs is 1. The number of carbonyl (C=O) groups excluding carboxylic acids is 1. The van der Waals surface area contributed by atoms with E-state index >= 15 is 0 Å². The van der Waals surface area contributed by atoms with Gasteiger partial charge in [0, 0.05) is 18.4 Å². The molecule has 0 radical (unpaired) electrons. The molecule has 0 spiro atoms. The Morgan fingerprint density at radius 3 is 2.14 bits per heavy atom. The van der Waals surface area contributed by atoms with Crippen LogP contribution in [0.3, 0.4) is 0 Å². The average Bonchev–Trinajstić information content (AvgIpc) is 3.24. The third-order valence-electron chi connectivity index (χ3n) is 9.59. The summed E-state index contributed by atoms with van der Waals surface area (Å²) >= 11 is 0. The smallest absolute Gasteiger partial charge is 0.306 e. The summed E-state index contributed by atoms with van der Waals surface area (Å²) in [5.41, 5.74) is 1.37. The van der Waals surface area contributed by atoms with Crippen molar-refractivity contribution in [3.63, 3.8) is 0 Å². The summed E-state index contributed by atoms with van der Waals surface area (Å²) in [4.78, 5) is 12.2. The Morgan fingerprint density at radius 1 is 0.944 bits per heavy atom. The second kappa shape index (κ2) is 11.0. The highest BCUT2D eigenvalue weighted by Crippen LogP contribution is 2.48. The number of hydrogen-bond acceptors (Lipinski definition) is 4. The van der Waals surface area contributed by atoms with Crippen molar-refractivity contribution in [2.24, 2.45) is 11.8 Å². The van der Waals surface area contributed by atoms with E-state index in [0.29, 0.717) is 12.3 Å². The molecule has 2 aliphatic rings. The van der Waals surface area contributed by atoms with Gasteiger partial charge < -0.3 is 13.6 Å². The van der Waals surface area contributed by atoms with Crippen LogP contribution < -0.4 is 0 Å². The summed E-state index contributed by atoms with van der Waals surface area (Å²) < 4.78 is 19.8. The van der Waals surface area contributed by atoms with Gasteiger partial charge in [0.25, 0.3) is 0 Å². The maximum absolute atomic E-state index is 12.2. The number of benzene rings is 1. The molecule has 2 fully saturated rings. The fraction of sp³-hybridized carbons (Fsp3) is 0.767. The molecule has 0 unspecified atom stereocenters. The molecule has 204 valence electrons. The quantitative estimate of drug-likeness (QED) is 0.225. The van der Waals surface area contributed by atoms with Crippen LogP contribution in [0, 0.1) is 11.8 Å². The zero-order valence-electron chi connectivity index (χ0n) is 24.6. The van der Waals surface area contributed by atoms with E-state index in [2.05, 4.69) is 98.1 Å². The van der Waals surface area contributed by atoms with Gasteiger partial charge in [0.2, 0.25) is 0 Å². The van der Waals surface area contributed by atoms with Gasteiger partial charge in [-0.1, -0.05) is 71.9 Å². The normalized spacial score (nSPS) is 26.1.